The molecule has 1 aromatic heterocycles. The summed E-state index contributed by atoms with van der Waals surface area (Å²) >= 11 is 1.56. The largest absolute Gasteiger partial charge is 0.497 e. The quantitative estimate of drug-likeness (QED) is 0.399. The van der Waals surface area contributed by atoms with Crippen LogP contribution in [-0.4, -0.2) is 75.9 Å². The van der Waals surface area contributed by atoms with Crippen LogP contribution in [0.1, 0.15) is 30.4 Å². The van der Waals surface area contributed by atoms with Gasteiger partial charge in [0.2, 0.25) is 15.9 Å². The lowest BCUT2D eigenvalue weighted by molar-refractivity contribution is -0.123. The summed E-state index contributed by atoms with van der Waals surface area (Å²) in [5, 5.41) is 0.723. The predicted octanol–water partition coefficient (Wildman–Crippen LogP) is 4.31. The first kappa shape index (κ1) is 27.5. The Morgan fingerprint density at radius 2 is 1.78 bits per heavy atom. The zero-order valence-electron chi connectivity index (χ0n) is 22.2. The standard InChI is InChI=1S/C27H36N4O4S2/c1-19-17-20(2)25-24(18-19)28-27(36-25)31(14-6-13-29(3)4)26(32)21-11-15-30(16-12-21)37(33,34)23-9-7-22(35-5)8-10-23/h7-10,17-18,21H,6,11-16H2,1-5H3. The van der Waals surface area contributed by atoms with E-state index in [1.165, 1.54) is 4.31 Å². The minimum atomic E-state index is -3.62. The van der Waals surface area contributed by atoms with Crippen LogP contribution in [0.3, 0.4) is 0 Å². The van der Waals surface area contributed by atoms with Gasteiger partial charge in [-0.3, -0.25) is 9.69 Å². The summed E-state index contributed by atoms with van der Waals surface area (Å²) in [6.07, 6.45) is 1.81. The number of aryl methyl sites for hydroxylation is 2. The molecule has 1 amide bonds. The van der Waals surface area contributed by atoms with Gasteiger partial charge in [-0.2, -0.15) is 4.31 Å². The van der Waals surface area contributed by atoms with Gasteiger partial charge in [0.1, 0.15) is 5.75 Å². The summed E-state index contributed by atoms with van der Waals surface area (Å²) in [7, 11) is 1.97. The molecule has 1 saturated heterocycles. The van der Waals surface area contributed by atoms with E-state index in [2.05, 4.69) is 30.9 Å². The highest BCUT2D eigenvalue weighted by Crippen LogP contribution is 2.34. The average molecular weight is 545 g/mol. The molecule has 3 aromatic rings. The van der Waals surface area contributed by atoms with Crippen LogP contribution in [0, 0.1) is 19.8 Å². The van der Waals surface area contributed by atoms with E-state index in [0.717, 1.165) is 39.4 Å². The molecule has 1 fully saturated rings. The Bertz CT molecular complexity index is 1340. The number of carbonyl (C=O) groups is 1. The van der Waals surface area contributed by atoms with E-state index in [-0.39, 0.29) is 16.7 Å². The molecule has 0 atom stereocenters. The van der Waals surface area contributed by atoms with E-state index in [0.29, 0.717) is 38.2 Å². The Hall–Kier alpha value is -2.53. The fourth-order valence-corrected chi connectivity index (χ4v) is 7.30. The number of anilines is 1. The van der Waals surface area contributed by atoms with Crippen molar-refractivity contribution in [3.63, 3.8) is 0 Å². The first-order chi connectivity index (χ1) is 17.6. The second-order valence-electron chi connectivity index (χ2n) is 9.93. The van der Waals surface area contributed by atoms with Crippen molar-refractivity contribution in [2.75, 3.05) is 52.3 Å². The number of amides is 1. The van der Waals surface area contributed by atoms with Crippen LogP contribution in [0.5, 0.6) is 5.75 Å². The van der Waals surface area contributed by atoms with E-state index in [1.54, 1.807) is 42.7 Å². The van der Waals surface area contributed by atoms with E-state index >= 15 is 0 Å². The van der Waals surface area contributed by atoms with Crippen molar-refractivity contribution in [1.82, 2.24) is 14.2 Å². The first-order valence-electron chi connectivity index (χ1n) is 12.6. The summed E-state index contributed by atoms with van der Waals surface area (Å²) in [5.41, 5.74) is 3.23. The number of benzene rings is 2. The number of methoxy groups -OCH3 is 1. The van der Waals surface area contributed by atoms with Gasteiger partial charge in [0, 0.05) is 25.6 Å². The molecule has 4 rings (SSSR count). The number of rotatable bonds is 9. The molecule has 1 aliphatic heterocycles. The maximum absolute atomic E-state index is 13.8. The number of nitrogens with zero attached hydrogens (tertiary/aromatic N) is 4. The number of piperidine rings is 1. The van der Waals surface area contributed by atoms with Gasteiger partial charge in [0.15, 0.2) is 5.13 Å². The normalized spacial score (nSPS) is 15.4. The zero-order valence-corrected chi connectivity index (χ0v) is 23.9. The Labute approximate surface area is 223 Å². The molecule has 10 heteroatoms. The lowest BCUT2D eigenvalue weighted by Gasteiger charge is -2.33. The number of sulfonamides is 1. The number of hydrogen-bond acceptors (Lipinski definition) is 7. The summed E-state index contributed by atoms with van der Waals surface area (Å²) in [5.74, 6) is 0.406. The van der Waals surface area contributed by atoms with Gasteiger partial charge in [-0.05, 0) is 95.2 Å². The molecule has 0 saturated carbocycles. The number of thiazole rings is 1. The van der Waals surface area contributed by atoms with Crippen molar-refractivity contribution in [1.29, 1.82) is 0 Å². The Kier molecular flexibility index (Phi) is 8.52. The van der Waals surface area contributed by atoms with Crippen LogP contribution in [0.25, 0.3) is 10.2 Å². The first-order valence-corrected chi connectivity index (χ1v) is 14.8. The van der Waals surface area contributed by atoms with E-state index in [1.807, 2.05) is 19.0 Å². The van der Waals surface area contributed by atoms with Gasteiger partial charge in [-0.1, -0.05) is 17.4 Å². The predicted molar refractivity (Wildman–Crippen MR) is 149 cm³/mol. The molecule has 0 radical (unpaired) electrons. The lowest BCUT2D eigenvalue weighted by atomic mass is 9.96. The molecule has 8 nitrogen and oxygen atoms in total. The number of carbonyl (C=O) groups excluding carboxylic acids is 1. The van der Waals surface area contributed by atoms with E-state index in [4.69, 9.17) is 9.72 Å². The van der Waals surface area contributed by atoms with Crippen LogP contribution >= 0.6 is 11.3 Å². The molecule has 0 spiro atoms. The lowest BCUT2D eigenvalue weighted by Crippen LogP contribution is -2.45. The molecular formula is C27H36N4O4S2. The van der Waals surface area contributed by atoms with Gasteiger partial charge in [-0.25, -0.2) is 13.4 Å². The number of aromatic nitrogens is 1. The Morgan fingerprint density at radius 3 is 2.41 bits per heavy atom. The number of fused-ring (bicyclic) bond motifs is 1. The van der Waals surface area contributed by atoms with Gasteiger partial charge in [-0.15, -0.1) is 0 Å². The highest BCUT2D eigenvalue weighted by molar-refractivity contribution is 7.89. The third-order valence-electron chi connectivity index (χ3n) is 6.79. The zero-order chi connectivity index (χ0) is 26.7. The monoisotopic (exact) mass is 544 g/mol. The minimum absolute atomic E-state index is 0.0358. The molecule has 1 aliphatic rings. The second-order valence-corrected chi connectivity index (χ2v) is 12.8. The van der Waals surface area contributed by atoms with Crippen molar-refractivity contribution >= 4 is 42.6 Å². The number of ether oxygens (including phenoxy) is 1. The highest BCUT2D eigenvalue weighted by Gasteiger charge is 2.35. The summed E-state index contributed by atoms with van der Waals surface area (Å²) in [6.45, 7) is 6.21. The maximum Gasteiger partial charge on any atom is 0.243 e. The maximum atomic E-state index is 13.8. The molecular weight excluding hydrogens is 508 g/mol. The van der Waals surface area contributed by atoms with Gasteiger partial charge >= 0.3 is 0 Å². The summed E-state index contributed by atoms with van der Waals surface area (Å²) in [4.78, 5) is 22.8. The molecule has 2 aromatic carbocycles. The smallest absolute Gasteiger partial charge is 0.243 e. The minimum Gasteiger partial charge on any atom is -0.497 e. The van der Waals surface area contributed by atoms with Crippen LogP contribution in [0.15, 0.2) is 41.3 Å². The van der Waals surface area contributed by atoms with E-state index in [9.17, 15) is 13.2 Å². The second kappa shape index (κ2) is 11.5. The third-order valence-corrected chi connectivity index (χ3v) is 9.94. The SMILES string of the molecule is COc1ccc(S(=O)(=O)N2CCC(C(=O)N(CCCN(C)C)c3nc4cc(C)cc(C)c4s3)CC2)cc1. The van der Waals surface area contributed by atoms with Gasteiger partial charge < -0.3 is 9.64 Å². The van der Waals surface area contributed by atoms with Crippen molar-refractivity contribution < 1.29 is 17.9 Å². The summed E-state index contributed by atoms with van der Waals surface area (Å²) in [6, 6.07) is 10.6. The Morgan fingerprint density at radius 1 is 1.11 bits per heavy atom. The summed E-state index contributed by atoms with van der Waals surface area (Å²) < 4.78 is 34.0. The van der Waals surface area contributed by atoms with Gasteiger partial charge in [0.25, 0.3) is 0 Å². The molecule has 0 bridgehead atoms. The van der Waals surface area contributed by atoms with Gasteiger partial charge in [0.05, 0.1) is 22.2 Å². The topological polar surface area (TPSA) is 83.0 Å². The fraction of sp³-hybridized carbons (Fsp3) is 0.481. The third kappa shape index (κ3) is 6.14. The molecule has 0 aliphatic carbocycles. The van der Waals surface area contributed by atoms with Crippen LogP contribution < -0.4 is 9.64 Å². The van der Waals surface area contributed by atoms with Crippen molar-refractivity contribution in [2.45, 2.75) is 38.0 Å². The number of hydrogen-bond donors (Lipinski definition) is 0. The molecule has 200 valence electrons. The van der Waals surface area contributed by atoms with Crippen LogP contribution in [-0.2, 0) is 14.8 Å². The van der Waals surface area contributed by atoms with Crippen LogP contribution in [0.2, 0.25) is 0 Å². The molecule has 2 heterocycles. The highest BCUT2D eigenvalue weighted by atomic mass is 32.2. The van der Waals surface area contributed by atoms with Crippen molar-refractivity contribution in [3.05, 3.63) is 47.5 Å². The molecule has 0 N–H and O–H groups in total. The molecule has 0 unspecified atom stereocenters. The fourth-order valence-electron chi connectivity index (χ4n) is 4.79. The average Bonchev–Trinajstić information content (AvgIpc) is 3.30. The van der Waals surface area contributed by atoms with Crippen molar-refractivity contribution in [2.24, 2.45) is 5.92 Å². The van der Waals surface area contributed by atoms with E-state index < -0.39 is 10.0 Å². The molecule has 37 heavy (non-hydrogen) atoms. The van der Waals surface area contributed by atoms with Crippen LogP contribution in [0.4, 0.5) is 5.13 Å². The van der Waals surface area contributed by atoms with Crippen molar-refractivity contribution in [3.8, 4) is 5.75 Å². The Balaban J connectivity index is 1.51.